The number of carbonyl (C=O) groups excluding carboxylic acids is 1. The number of rotatable bonds is 8. The molecule has 3 rings (SSSR count). The van der Waals surface area contributed by atoms with Crippen LogP contribution in [0.4, 0.5) is 0 Å². The second-order valence-corrected chi connectivity index (χ2v) is 10.2. The van der Waals surface area contributed by atoms with Crippen LogP contribution in [0.5, 0.6) is 11.5 Å². The van der Waals surface area contributed by atoms with Gasteiger partial charge in [0, 0.05) is 51.8 Å². The average molecular weight is 481 g/mol. The Kier molecular flexibility index (Phi) is 8.53. The lowest BCUT2D eigenvalue weighted by Crippen LogP contribution is -2.57. The number of hydrogen-bond acceptors (Lipinski definition) is 7. The molecule has 0 aromatic heterocycles. The number of carbonyl (C=O) groups is 1. The van der Waals surface area contributed by atoms with Crippen LogP contribution >= 0.6 is 0 Å². The largest absolute Gasteiger partial charge is 0.493 e. The first-order chi connectivity index (χ1) is 15.7. The molecule has 1 aromatic carbocycles. The second-order valence-electron chi connectivity index (χ2n) is 8.29. The SMILES string of the molecule is COc1cc(C#N)ccc1OCCCC(=O)N1CCN(S(=O)(=O)N2CC(C)OC(C)C2)CC1. The summed E-state index contributed by atoms with van der Waals surface area (Å²) in [5.74, 6) is 0.979. The van der Waals surface area contributed by atoms with Crippen LogP contribution in [0.3, 0.4) is 0 Å². The maximum absolute atomic E-state index is 13.0. The number of nitrogens with zero attached hydrogens (tertiary/aromatic N) is 4. The highest BCUT2D eigenvalue weighted by Gasteiger charge is 2.37. The van der Waals surface area contributed by atoms with Crippen molar-refractivity contribution in [3.63, 3.8) is 0 Å². The highest BCUT2D eigenvalue weighted by molar-refractivity contribution is 7.86. The summed E-state index contributed by atoms with van der Waals surface area (Å²) < 4.78 is 45.5. The monoisotopic (exact) mass is 480 g/mol. The van der Waals surface area contributed by atoms with Crippen LogP contribution in [0.25, 0.3) is 0 Å². The fraction of sp³-hybridized carbons (Fsp3) is 0.636. The van der Waals surface area contributed by atoms with Gasteiger partial charge in [0.25, 0.3) is 10.2 Å². The van der Waals surface area contributed by atoms with Gasteiger partial charge in [-0.3, -0.25) is 4.79 Å². The molecule has 1 aromatic rings. The first-order valence-corrected chi connectivity index (χ1v) is 12.5. The van der Waals surface area contributed by atoms with E-state index in [1.165, 1.54) is 15.7 Å². The van der Waals surface area contributed by atoms with Crippen molar-refractivity contribution in [2.24, 2.45) is 0 Å². The third-order valence-electron chi connectivity index (χ3n) is 5.72. The van der Waals surface area contributed by atoms with E-state index in [1.54, 1.807) is 23.1 Å². The Morgan fingerprint density at radius 1 is 1.12 bits per heavy atom. The lowest BCUT2D eigenvalue weighted by molar-refractivity contribution is -0.132. The molecule has 2 aliphatic heterocycles. The summed E-state index contributed by atoms with van der Waals surface area (Å²) in [4.78, 5) is 14.3. The van der Waals surface area contributed by atoms with Crippen molar-refractivity contribution in [3.8, 4) is 17.6 Å². The second kappa shape index (κ2) is 11.2. The lowest BCUT2D eigenvalue weighted by atomic mass is 10.2. The molecule has 0 radical (unpaired) electrons. The maximum atomic E-state index is 13.0. The number of nitriles is 1. The summed E-state index contributed by atoms with van der Waals surface area (Å²) in [6.45, 7) is 6.07. The normalized spacial score (nSPS) is 22.5. The van der Waals surface area contributed by atoms with E-state index in [2.05, 4.69) is 0 Å². The molecule has 0 N–H and O–H groups in total. The number of morpholine rings is 1. The van der Waals surface area contributed by atoms with Crippen molar-refractivity contribution in [2.45, 2.75) is 38.9 Å². The molecular formula is C22H32N4O6S. The van der Waals surface area contributed by atoms with Gasteiger partial charge in [0.15, 0.2) is 11.5 Å². The van der Waals surface area contributed by atoms with Crippen LogP contribution in [-0.4, -0.2) is 93.0 Å². The lowest BCUT2D eigenvalue weighted by Gasteiger charge is -2.40. The van der Waals surface area contributed by atoms with Crippen molar-refractivity contribution in [3.05, 3.63) is 23.8 Å². The zero-order chi connectivity index (χ0) is 24.0. The van der Waals surface area contributed by atoms with Gasteiger partial charge in [-0.2, -0.15) is 22.3 Å². The Bertz CT molecular complexity index is 962. The van der Waals surface area contributed by atoms with E-state index in [-0.39, 0.29) is 31.2 Å². The molecule has 0 bridgehead atoms. The minimum Gasteiger partial charge on any atom is -0.493 e. The van der Waals surface area contributed by atoms with Crippen molar-refractivity contribution in [1.82, 2.24) is 13.5 Å². The van der Waals surface area contributed by atoms with Gasteiger partial charge in [-0.05, 0) is 32.4 Å². The molecule has 10 nitrogen and oxygen atoms in total. The number of amides is 1. The third kappa shape index (κ3) is 6.35. The molecule has 2 heterocycles. The Morgan fingerprint density at radius 2 is 1.79 bits per heavy atom. The summed E-state index contributed by atoms with van der Waals surface area (Å²) in [6.07, 6.45) is 0.546. The first kappa shape index (κ1) is 25.2. The summed E-state index contributed by atoms with van der Waals surface area (Å²) in [7, 11) is -2.06. The quantitative estimate of drug-likeness (QED) is 0.514. The van der Waals surface area contributed by atoms with Gasteiger partial charge < -0.3 is 19.1 Å². The van der Waals surface area contributed by atoms with Crippen molar-refractivity contribution < 1.29 is 27.4 Å². The van der Waals surface area contributed by atoms with Crippen LogP contribution < -0.4 is 9.47 Å². The molecule has 182 valence electrons. The van der Waals surface area contributed by atoms with Gasteiger partial charge in [-0.15, -0.1) is 0 Å². The van der Waals surface area contributed by atoms with E-state index in [1.807, 2.05) is 19.9 Å². The average Bonchev–Trinajstić information content (AvgIpc) is 2.81. The van der Waals surface area contributed by atoms with Gasteiger partial charge in [0.2, 0.25) is 5.91 Å². The summed E-state index contributed by atoms with van der Waals surface area (Å²) in [6, 6.07) is 6.97. The Morgan fingerprint density at radius 3 is 2.39 bits per heavy atom. The minimum atomic E-state index is -3.57. The van der Waals surface area contributed by atoms with Crippen molar-refractivity contribution >= 4 is 16.1 Å². The zero-order valence-electron chi connectivity index (χ0n) is 19.4. The fourth-order valence-corrected chi connectivity index (χ4v) is 5.82. The van der Waals surface area contributed by atoms with Gasteiger partial charge in [-0.1, -0.05) is 0 Å². The molecule has 2 atom stereocenters. The Hall–Kier alpha value is -2.39. The van der Waals surface area contributed by atoms with Crippen molar-refractivity contribution in [1.29, 1.82) is 5.26 Å². The molecule has 0 spiro atoms. The molecule has 0 aliphatic carbocycles. The summed E-state index contributed by atoms with van der Waals surface area (Å²) in [5.41, 5.74) is 0.480. The smallest absolute Gasteiger partial charge is 0.282 e. The molecule has 2 aliphatic rings. The molecule has 1 amide bonds. The van der Waals surface area contributed by atoms with E-state index in [0.29, 0.717) is 62.7 Å². The number of piperazine rings is 1. The molecule has 2 fully saturated rings. The van der Waals surface area contributed by atoms with Crippen molar-refractivity contribution in [2.75, 3.05) is 53.0 Å². The number of hydrogen-bond donors (Lipinski definition) is 0. The summed E-state index contributed by atoms with van der Waals surface area (Å²) >= 11 is 0. The predicted molar refractivity (Wildman–Crippen MR) is 121 cm³/mol. The number of ether oxygens (including phenoxy) is 3. The van der Waals surface area contributed by atoms with E-state index < -0.39 is 10.2 Å². The van der Waals surface area contributed by atoms with E-state index in [0.717, 1.165) is 0 Å². The van der Waals surface area contributed by atoms with Crippen LogP contribution in [0, 0.1) is 11.3 Å². The predicted octanol–water partition coefficient (Wildman–Crippen LogP) is 1.22. The first-order valence-electron chi connectivity index (χ1n) is 11.1. The molecule has 2 saturated heterocycles. The molecule has 2 unspecified atom stereocenters. The van der Waals surface area contributed by atoms with Gasteiger partial charge >= 0.3 is 0 Å². The van der Waals surface area contributed by atoms with Gasteiger partial charge in [0.05, 0.1) is 37.6 Å². The minimum absolute atomic E-state index is 0.0175. The molecule has 0 saturated carbocycles. The van der Waals surface area contributed by atoms with E-state index >= 15 is 0 Å². The van der Waals surface area contributed by atoms with Crippen LogP contribution in [-0.2, 0) is 19.7 Å². The topological polar surface area (TPSA) is 112 Å². The van der Waals surface area contributed by atoms with Gasteiger partial charge in [-0.25, -0.2) is 0 Å². The van der Waals surface area contributed by atoms with E-state index in [4.69, 9.17) is 19.5 Å². The van der Waals surface area contributed by atoms with E-state index in [9.17, 15) is 13.2 Å². The molecule has 11 heteroatoms. The van der Waals surface area contributed by atoms with Crippen LogP contribution in [0.1, 0.15) is 32.3 Å². The highest BCUT2D eigenvalue weighted by Crippen LogP contribution is 2.28. The molecular weight excluding hydrogens is 448 g/mol. The maximum Gasteiger partial charge on any atom is 0.282 e. The summed E-state index contributed by atoms with van der Waals surface area (Å²) in [5, 5.41) is 8.96. The standard InChI is InChI=1S/C22H32N4O6S/c1-17-15-26(16-18(2)32-17)33(28,29)25-10-8-24(9-11-25)22(27)5-4-12-31-20-7-6-19(14-23)13-21(20)30-3/h6-7,13,17-18H,4-5,8-12,15-16H2,1-3H3. The fourth-order valence-electron chi connectivity index (χ4n) is 4.07. The van der Waals surface area contributed by atoms with Crippen LogP contribution in [0.2, 0.25) is 0 Å². The van der Waals surface area contributed by atoms with Crippen LogP contribution in [0.15, 0.2) is 18.2 Å². The Labute approximate surface area is 195 Å². The van der Waals surface area contributed by atoms with Gasteiger partial charge in [0.1, 0.15) is 0 Å². The highest BCUT2D eigenvalue weighted by atomic mass is 32.2. The number of methoxy groups -OCH3 is 1. The molecule has 33 heavy (non-hydrogen) atoms. The number of benzene rings is 1. The zero-order valence-corrected chi connectivity index (χ0v) is 20.2. The Balaban J connectivity index is 1.43. The third-order valence-corrected chi connectivity index (χ3v) is 7.68.